The van der Waals surface area contributed by atoms with Gasteiger partial charge in [-0.25, -0.2) is 0 Å². The predicted molar refractivity (Wildman–Crippen MR) is 25.8 cm³/mol. The Hall–Kier alpha value is 1.15. The van der Waals surface area contributed by atoms with E-state index in [1.54, 1.807) is 18.8 Å². The summed E-state index contributed by atoms with van der Waals surface area (Å²) < 4.78 is 10.2. The Morgan fingerprint density at radius 2 is 1.17 bits per heavy atom. The topological polar surface area (TPSA) is 17.1 Å². The van der Waals surface area contributed by atoms with Crippen LogP contribution in [-0.2, 0) is 14.1 Å². The molecule has 6 heavy (non-hydrogen) atoms. The van der Waals surface area contributed by atoms with Gasteiger partial charge in [-0.05, 0) is 0 Å². The molecule has 0 spiro atoms. The zero-order valence-corrected chi connectivity index (χ0v) is 7.63. The van der Waals surface area contributed by atoms with Crippen molar-refractivity contribution in [3.8, 4) is 0 Å². The fourth-order valence-electron chi connectivity index (χ4n) is 0. The van der Waals surface area contributed by atoms with Crippen LogP contribution in [0.1, 0.15) is 0 Å². The van der Waals surface area contributed by atoms with E-state index in [1.165, 1.54) is 0 Å². The van der Waals surface area contributed by atoms with E-state index >= 15 is 0 Å². The van der Waals surface area contributed by atoms with Crippen molar-refractivity contribution in [2.24, 2.45) is 0 Å². The van der Waals surface area contributed by atoms with Crippen LogP contribution in [0.25, 0.3) is 0 Å². The van der Waals surface area contributed by atoms with Crippen molar-refractivity contribution in [1.29, 1.82) is 0 Å². The smallest absolute Gasteiger partial charge is 0.107 e. The first-order valence-corrected chi connectivity index (χ1v) is 4.17. The normalized spacial score (nSPS) is 9.83. The van der Waals surface area contributed by atoms with Crippen LogP contribution in [0.5, 0.6) is 0 Å². The first-order valence-electron chi connectivity index (χ1n) is 1.39. The van der Waals surface area contributed by atoms with E-state index in [-0.39, 0.29) is 29.6 Å². The van der Waals surface area contributed by atoms with Crippen LogP contribution in [0.4, 0.5) is 0 Å². The third-order valence-electron chi connectivity index (χ3n) is 0. The molecule has 1 nitrogen and oxygen atoms in total. The van der Waals surface area contributed by atoms with Gasteiger partial charge in [-0.1, -0.05) is 0 Å². The Labute approximate surface area is 62.2 Å². The molecular weight excluding hydrogens is 107 g/mol. The summed E-state index contributed by atoms with van der Waals surface area (Å²) in [6, 6.07) is 0. The number of hydrogen-bond acceptors (Lipinski definition) is 1. The fourth-order valence-corrected chi connectivity index (χ4v) is 0. The molecule has 32 valence electrons. The summed E-state index contributed by atoms with van der Waals surface area (Å²) in [6.45, 7) is 0. The maximum Gasteiger partial charge on any atom is 1.00 e. The van der Waals surface area contributed by atoms with Crippen molar-refractivity contribution < 1.29 is 33.8 Å². The van der Waals surface area contributed by atoms with E-state index in [4.69, 9.17) is 0 Å². The fraction of sp³-hybridized carbons (Fsp3) is 1.00. The molecule has 3 heteroatoms. The van der Waals surface area contributed by atoms with Crippen molar-refractivity contribution in [1.82, 2.24) is 0 Å². The Morgan fingerprint density at radius 3 is 1.17 bits per heavy atom. The summed E-state index contributed by atoms with van der Waals surface area (Å²) in [4.78, 5) is 0. The maximum atomic E-state index is 10.2. The molecule has 0 heterocycles. The zero-order chi connectivity index (χ0) is 4.50. The third-order valence-corrected chi connectivity index (χ3v) is 0. The van der Waals surface area contributed by atoms with Gasteiger partial charge in [0, 0.05) is 0 Å². The van der Waals surface area contributed by atoms with Gasteiger partial charge in [-0.15, -0.1) is 4.21 Å². The second-order valence-electron chi connectivity index (χ2n) is 1.72. The Kier molecular flexibility index (Phi) is 5.42. The molecule has 0 atom stereocenters. The Balaban J connectivity index is 0. The molecule has 0 radical (unpaired) electrons. The molecule has 0 amide bonds. The number of rotatable bonds is 0. The first-order chi connectivity index (χ1) is 2.00. The van der Waals surface area contributed by atoms with Crippen molar-refractivity contribution in [2.45, 2.75) is 0 Å². The summed E-state index contributed by atoms with van der Waals surface area (Å²) >= 11 is 0. The summed E-state index contributed by atoms with van der Waals surface area (Å²) in [6.07, 6.45) is 5.15. The quantitative estimate of drug-likeness (QED) is 0.250. The van der Waals surface area contributed by atoms with Crippen LogP contribution in [0.15, 0.2) is 0 Å². The standard InChI is InChI=1S/C3H9OS.Na/c1-5(2,3)4;/h1-3H3;/q2*+1. The van der Waals surface area contributed by atoms with Crippen LogP contribution in [0, 0.1) is 0 Å². The molecule has 0 aromatic carbocycles. The monoisotopic (exact) mass is 116 g/mol. The first kappa shape index (κ1) is 10.2. The van der Waals surface area contributed by atoms with Gasteiger partial charge in [-0.3, -0.25) is 0 Å². The molecule has 0 saturated heterocycles. The van der Waals surface area contributed by atoms with Gasteiger partial charge in [0.2, 0.25) is 0 Å². The number of hydrogen-bond donors (Lipinski definition) is 0. The van der Waals surface area contributed by atoms with Crippen LogP contribution < -0.4 is 29.6 Å². The van der Waals surface area contributed by atoms with E-state index < -0.39 is 9.93 Å². The molecule has 0 aliphatic carbocycles. The molecule has 0 aliphatic rings. The third kappa shape index (κ3) is 67.1. The summed E-state index contributed by atoms with van der Waals surface area (Å²) in [5, 5.41) is 0. The largest absolute Gasteiger partial charge is 1.00 e. The van der Waals surface area contributed by atoms with Gasteiger partial charge in [0.1, 0.15) is 18.8 Å². The van der Waals surface area contributed by atoms with Crippen LogP contribution in [0.2, 0.25) is 0 Å². The minimum atomic E-state index is -1.42. The predicted octanol–water partition coefficient (Wildman–Crippen LogP) is -2.62. The molecule has 0 rings (SSSR count). The molecule has 0 bridgehead atoms. The van der Waals surface area contributed by atoms with Crippen molar-refractivity contribution in [3.05, 3.63) is 0 Å². The van der Waals surface area contributed by atoms with Gasteiger partial charge in [0.15, 0.2) is 0 Å². The summed E-state index contributed by atoms with van der Waals surface area (Å²) in [7, 11) is -1.42. The van der Waals surface area contributed by atoms with Gasteiger partial charge < -0.3 is 0 Å². The van der Waals surface area contributed by atoms with Gasteiger partial charge in [-0.2, -0.15) is 0 Å². The van der Waals surface area contributed by atoms with Crippen molar-refractivity contribution in [3.63, 3.8) is 0 Å². The molecular formula is C3H9NaOS+2. The average molecular weight is 116 g/mol. The minimum absolute atomic E-state index is 0. The molecule has 0 aromatic heterocycles. The summed E-state index contributed by atoms with van der Waals surface area (Å²) in [5.41, 5.74) is 0. The van der Waals surface area contributed by atoms with Crippen molar-refractivity contribution >= 4 is 9.93 Å². The van der Waals surface area contributed by atoms with E-state index in [0.29, 0.717) is 0 Å². The van der Waals surface area contributed by atoms with E-state index in [1.807, 2.05) is 0 Å². The molecule has 0 unspecified atom stereocenters. The van der Waals surface area contributed by atoms with Gasteiger partial charge in [0.25, 0.3) is 0 Å². The van der Waals surface area contributed by atoms with Gasteiger partial charge >= 0.3 is 29.6 Å². The van der Waals surface area contributed by atoms with Crippen LogP contribution in [0.3, 0.4) is 0 Å². The molecule has 0 N–H and O–H groups in total. The molecule has 0 aromatic rings. The maximum absolute atomic E-state index is 10.2. The van der Waals surface area contributed by atoms with Crippen LogP contribution in [-0.4, -0.2) is 18.8 Å². The van der Waals surface area contributed by atoms with Crippen molar-refractivity contribution in [2.75, 3.05) is 18.8 Å². The average Bonchev–Trinajstić information content (AvgIpc) is 0.722. The molecule has 0 saturated carbocycles. The SMILES string of the molecule is C[S+](C)(C)=O.[Na+]. The second-order valence-corrected chi connectivity index (χ2v) is 5.17. The van der Waals surface area contributed by atoms with Gasteiger partial charge in [0.05, 0.1) is 9.93 Å². The Morgan fingerprint density at radius 1 is 1.17 bits per heavy atom. The van der Waals surface area contributed by atoms with Crippen LogP contribution >= 0.6 is 0 Å². The van der Waals surface area contributed by atoms with E-state index in [9.17, 15) is 4.21 Å². The Bertz CT molecular complexity index is 56.9. The zero-order valence-electron chi connectivity index (χ0n) is 4.82. The second kappa shape index (κ2) is 3.19. The summed E-state index contributed by atoms with van der Waals surface area (Å²) in [5.74, 6) is 0. The van der Waals surface area contributed by atoms with E-state index in [2.05, 4.69) is 0 Å². The molecule has 0 aliphatic heterocycles. The molecule has 0 fully saturated rings. The van der Waals surface area contributed by atoms with E-state index in [0.717, 1.165) is 0 Å². The minimum Gasteiger partial charge on any atom is -0.107 e.